The molecule has 0 aliphatic carbocycles. The Morgan fingerprint density at radius 2 is 1.59 bits per heavy atom. The van der Waals surface area contributed by atoms with Gasteiger partial charge >= 0.3 is 6.09 Å². The van der Waals surface area contributed by atoms with Gasteiger partial charge in [-0.25, -0.2) is 4.79 Å². The molecule has 0 heterocycles. The number of rotatable bonds is 8. The van der Waals surface area contributed by atoms with Crippen LogP contribution in [0.5, 0.6) is 0 Å². The molecule has 0 aromatic rings. The summed E-state index contributed by atoms with van der Waals surface area (Å²) in [5.41, 5.74) is -0.567. The van der Waals surface area contributed by atoms with Crippen molar-refractivity contribution >= 4 is 17.9 Å². The fourth-order valence-corrected chi connectivity index (χ4v) is 1.36. The molecule has 0 atom stereocenters. The molecule has 0 saturated heterocycles. The number of alkyl carbamates (subject to hydrolysis) is 1. The Labute approximate surface area is 130 Å². The molecule has 3 N–H and O–H groups in total. The van der Waals surface area contributed by atoms with Gasteiger partial charge in [-0.1, -0.05) is 0 Å². The van der Waals surface area contributed by atoms with Gasteiger partial charge in [-0.15, -0.1) is 0 Å². The Balaban J connectivity index is 3.57. The van der Waals surface area contributed by atoms with Crippen molar-refractivity contribution in [3.63, 3.8) is 0 Å². The van der Waals surface area contributed by atoms with Crippen LogP contribution in [0.3, 0.4) is 0 Å². The van der Waals surface area contributed by atoms with E-state index in [1.807, 2.05) is 0 Å². The van der Waals surface area contributed by atoms with E-state index in [0.29, 0.717) is 19.5 Å². The molecule has 0 aliphatic rings. The lowest BCUT2D eigenvalue weighted by atomic mass is 10.2. The summed E-state index contributed by atoms with van der Waals surface area (Å²) >= 11 is 0. The monoisotopic (exact) mass is 312 g/mol. The van der Waals surface area contributed by atoms with Crippen LogP contribution in [0, 0.1) is 11.3 Å². The molecule has 3 amide bonds. The van der Waals surface area contributed by atoms with Crippen LogP contribution in [-0.4, -0.2) is 43.1 Å². The largest absolute Gasteiger partial charge is 0.444 e. The second-order valence-electron chi connectivity index (χ2n) is 5.57. The van der Waals surface area contributed by atoms with E-state index in [1.54, 1.807) is 26.8 Å². The summed E-state index contributed by atoms with van der Waals surface area (Å²) in [6.45, 7) is 6.28. The van der Waals surface area contributed by atoms with E-state index in [4.69, 9.17) is 10.00 Å². The molecular formula is C14H24N4O4. The Hall–Kier alpha value is -2.30. The molecular weight excluding hydrogens is 288 g/mol. The Bertz CT molecular complexity index is 424. The van der Waals surface area contributed by atoms with Crippen LogP contribution in [-0.2, 0) is 14.3 Å². The Morgan fingerprint density at radius 3 is 2.14 bits per heavy atom. The summed E-state index contributed by atoms with van der Waals surface area (Å²) in [6.07, 6.45) is 0.00556. The fourth-order valence-electron chi connectivity index (χ4n) is 1.36. The second-order valence-corrected chi connectivity index (χ2v) is 5.57. The highest BCUT2D eigenvalue weighted by Gasteiger charge is 2.15. The minimum Gasteiger partial charge on any atom is -0.444 e. The molecule has 0 aromatic heterocycles. The molecule has 0 saturated carbocycles. The van der Waals surface area contributed by atoms with Crippen LogP contribution < -0.4 is 16.0 Å². The number of ether oxygens (including phenoxy) is 1. The molecule has 8 heteroatoms. The third kappa shape index (κ3) is 12.7. The van der Waals surface area contributed by atoms with Gasteiger partial charge in [-0.3, -0.25) is 9.59 Å². The lowest BCUT2D eigenvalue weighted by molar-refractivity contribution is -0.121. The first-order chi connectivity index (χ1) is 10.2. The second kappa shape index (κ2) is 10.4. The summed E-state index contributed by atoms with van der Waals surface area (Å²) in [6, 6.07) is 1.75. The van der Waals surface area contributed by atoms with Gasteiger partial charge in [0.05, 0.1) is 6.07 Å². The topological polar surface area (TPSA) is 120 Å². The molecule has 8 nitrogen and oxygen atoms in total. The molecule has 124 valence electrons. The first-order valence-corrected chi connectivity index (χ1v) is 7.12. The number of nitriles is 1. The number of nitrogens with zero attached hydrogens (tertiary/aromatic N) is 1. The van der Waals surface area contributed by atoms with Crippen molar-refractivity contribution in [3.05, 3.63) is 0 Å². The maximum absolute atomic E-state index is 11.5. The summed E-state index contributed by atoms with van der Waals surface area (Å²) in [4.78, 5) is 33.8. The summed E-state index contributed by atoms with van der Waals surface area (Å²) in [5, 5.41) is 16.0. The number of hydrogen-bond acceptors (Lipinski definition) is 5. The van der Waals surface area contributed by atoms with Crippen molar-refractivity contribution in [2.24, 2.45) is 0 Å². The smallest absolute Gasteiger partial charge is 0.407 e. The maximum atomic E-state index is 11.5. The number of carbonyl (C=O) groups is 3. The molecule has 0 bridgehead atoms. The van der Waals surface area contributed by atoms with Crippen LogP contribution in [0.4, 0.5) is 4.79 Å². The van der Waals surface area contributed by atoms with Crippen molar-refractivity contribution in [2.75, 3.05) is 19.6 Å². The molecule has 0 rings (SSSR count). The molecule has 0 aromatic carbocycles. The van der Waals surface area contributed by atoms with Crippen LogP contribution >= 0.6 is 0 Å². The number of nitrogens with one attached hydrogen (secondary N) is 3. The standard InChI is InChI=1S/C14H24N4O4/c1-14(2,3)22-13(21)18-10-6-12(20)17-9-4-8-16-11(19)5-7-15/h4-6,8-10H2,1-3H3,(H,16,19)(H,17,20)(H,18,21). The van der Waals surface area contributed by atoms with E-state index in [0.717, 1.165) is 0 Å². The normalized spacial score (nSPS) is 10.3. The van der Waals surface area contributed by atoms with Crippen LogP contribution in [0.15, 0.2) is 0 Å². The van der Waals surface area contributed by atoms with Crippen molar-refractivity contribution in [1.29, 1.82) is 5.26 Å². The fraction of sp³-hybridized carbons (Fsp3) is 0.714. The van der Waals surface area contributed by atoms with Gasteiger partial charge in [0.2, 0.25) is 11.8 Å². The van der Waals surface area contributed by atoms with Crippen molar-refractivity contribution in [1.82, 2.24) is 16.0 Å². The predicted molar refractivity (Wildman–Crippen MR) is 79.7 cm³/mol. The summed E-state index contributed by atoms with van der Waals surface area (Å²) in [7, 11) is 0. The van der Waals surface area contributed by atoms with Crippen molar-refractivity contribution in [3.8, 4) is 6.07 Å². The van der Waals surface area contributed by atoms with Gasteiger partial charge in [0.1, 0.15) is 12.0 Å². The van der Waals surface area contributed by atoms with Gasteiger partial charge in [0.25, 0.3) is 0 Å². The lowest BCUT2D eigenvalue weighted by Gasteiger charge is -2.19. The van der Waals surface area contributed by atoms with E-state index in [9.17, 15) is 14.4 Å². The zero-order chi connectivity index (χ0) is 17.0. The van der Waals surface area contributed by atoms with Crippen LogP contribution in [0.25, 0.3) is 0 Å². The van der Waals surface area contributed by atoms with E-state index < -0.39 is 11.7 Å². The van der Waals surface area contributed by atoms with Gasteiger partial charge < -0.3 is 20.7 Å². The third-order valence-electron chi connectivity index (χ3n) is 2.26. The Kier molecular flexibility index (Phi) is 9.34. The highest BCUT2D eigenvalue weighted by molar-refractivity contribution is 5.78. The zero-order valence-corrected chi connectivity index (χ0v) is 13.3. The minimum atomic E-state index is -0.567. The number of amides is 3. The minimum absolute atomic E-state index is 0.153. The Morgan fingerprint density at radius 1 is 1.00 bits per heavy atom. The third-order valence-corrected chi connectivity index (χ3v) is 2.26. The molecule has 0 aliphatic heterocycles. The molecule has 0 spiro atoms. The molecule has 22 heavy (non-hydrogen) atoms. The van der Waals surface area contributed by atoms with E-state index in [2.05, 4.69) is 16.0 Å². The molecule has 0 radical (unpaired) electrons. The van der Waals surface area contributed by atoms with Gasteiger partial charge in [0.15, 0.2) is 0 Å². The molecule has 0 fully saturated rings. The summed E-state index contributed by atoms with van der Waals surface area (Å²) in [5.74, 6) is -0.519. The van der Waals surface area contributed by atoms with Gasteiger partial charge in [0, 0.05) is 26.1 Å². The van der Waals surface area contributed by atoms with Gasteiger partial charge in [-0.2, -0.15) is 5.26 Å². The van der Waals surface area contributed by atoms with E-state index in [1.165, 1.54) is 0 Å². The number of carbonyl (C=O) groups excluding carboxylic acids is 3. The van der Waals surface area contributed by atoms with Crippen LogP contribution in [0.1, 0.15) is 40.0 Å². The van der Waals surface area contributed by atoms with Crippen molar-refractivity contribution < 1.29 is 19.1 Å². The molecule has 0 unspecified atom stereocenters. The average Bonchev–Trinajstić information content (AvgIpc) is 2.36. The predicted octanol–water partition coefficient (Wildman–Crippen LogP) is 0.437. The van der Waals surface area contributed by atoms with E-state index in [-0.39, 0.29) is 31.2 Å². The maximum Gasteiger partial charge on any atom is 0.407 e. The first kappa shape index (κ1) is 19.7. The van der Waals surface area contributed by atoms with Crippen molar-refractivity contribution in [2.45, 2.75) is 45.6 Å². The highest BCUT2D eigenvalue weighted by Crippen LogP contribution is 2.06. The van der Waals surface area contributed by atoms with E-state index >= 15 is 0 Å². The number of hydrogen-bond donors (Lipinski definition) is 3. The highest BCUT2D eigenvalue weighted by atomic mass is 16.6. The van der Waals surface area contributed by atoms with Gasteiger partial charge in [-0.05, 0) is 27.2 Å². The summed E-state index contributed by atoms with van der Waals surface area (Å²) < 4.78 is 5.03. The first-order valence-electron chi connectivity index (χ1n) is 7.12. The SMILES string of the molecule is CC(C)(C)OC(=O)NCCC(=O)NCCCNC(=O)CC#N. The average molecular weight is 312 g/mol. The quantitative estimate of drug-likeness (QED) is 0.562. The zero-order valence-electron chi connectivity index (χ0n) is 13.3. The van der Waals surface area contributed by atoms with Crippen LogP contribution in [0.2, 0.25) is 0 Å². The lowest BCUT2D eigenvalue weighted by Crippen LogP contribution is -2.35.